The molecule has 5 heteroatoms. The van der Waals surface area contributed by atoms with Crippen molar-refractivity contribution in [2.24, 2.45) is 5.73 Å². The van der Waals surface area contributed by atoms with Crippen LogP contribution in [0.25, 0.3) is 11.0 Å². The van der Waals surface area contributed by atoms with Crippen molar-refractivity contribution in [1.29, 1.82) is 0 Å². The first-order valence-corrected chi connectivity index (χ1v) is 7.36. The summed E-state index contributed by atoms with van der Waals surface area (Å²) in [6.07, 6.45) is 3.77. The molecule has 0 aliphatic carbocycles. The third kappa shape index (κ3) is 2.17. The molecule has 3 aromatic rings. The van der Waals surface area contributed by atoms with Gasteiger partial charge in [-0.15, -0.1) is 0 Å². The minimum absolute atomic E-state index is 0.290. The molecule has 0 saturated carbocycles. The molecule has 20 heavy (non-hydrogen) atoms. The van der Waals surface area contributed by atoms with E-state index in [2.05, 4.69) is 27.1 Å². The Hall–Kier alpha value is -1.59. The van der Waals surface area contributed by atoms with Crippen LogP contribution in [0.15, 0.2) is 39.5 Å². The van der Waals surface area contributed by atoms with Crippen LogP contribution in [0, 0.1) is 6.92 Å². The van der Waals surface area contributed by atoms with Gasteiger partial charge in [0, 0.05) is 33.7 Å². The topological polar surface area (TPSA) is 57.0 Å². The fourth-order valence-electron chi connectivity index (χ4n) is 2.37. The number of rotatable bonds is 3. The molecular weight excluding hydrogens is 318 g/mol. The largest absolute Gasteiger partial charge is 0.459 e. The molecule has 2 aromatic heterocycles. The molecule has 1 aromatic carbocycles. The normalized spacial score (nSPS) is 13.0. The number of aromatic nitrogens is 2. The van der Waals surface area contributed by atoms with Crippen LogP contribution in [0.4, 0.5) is 0 Å². The van der Waals surface area contributed by atoms with Crippen molar-refractivity contribution in [2.75, 3.05) is 0 Å². The highest BCUT2D eigenvalue weighted by Gasteiger charge is 2.20. The fraction of sp³-hybridized carbons (Fsp3) is 0.267. The molecule has 0 radical (unpaired) electrons. The van der Waals surface area contributed by atoms with E-state index in [1.807, 2.05) is 36.9 Å². The smallest absolute Gasteiger partial charge is 0.134 e. The van der Waals surface area contributed by atoms with Crippen LogP contribution in [-0.2, 0) is 6.54 Å². The number of nitrogens with two attached hydrogens (primary N) is 1. The lowest BCUT2D eigenvalue weighted by Crippen LogP contribution is -2.11. The molecule has 0 spiro atoms. The maximum absolute atomic E-state index is 6.33. The standard InChI is InChI=1S/C15H16BrN3O/c1-3-19-8-10(7-18-19)14(17)15-9(2)12-6-11(16)4-5-13(12)20-15/h4-8,14H,3,17H2,1-2H3. The Morgan fingerprint density at radius 1 is 1.45 bits per heavy atom. The molecule has 2 heterocycles. The molecule has 104 valence electrons. The Morgan fingerprint density at radius 3 is 2.95 bits per heavy atom. The monoisotopic (exact) mass is 333 g/mol. The summed E-state index contributed by atoms with van der Waals surface area (Å²) >= 11 is 3.48. The van der Waals surface area contributed by atoms with Crippen molar-refractivity contribution in [3.05, 3.63) is 52.0 Å². The van der Waals surface area contributed by atoms with Gasteiger partial charge >= 0.3 is 0 Å². The van der Waals surface area contributed by atoms with Gasteiger partial charge in [0.2, 0.25) is 0 Å². The maximum atomic E-state index is 6.33. The molecule has 0 fully saturated rings. The lowest BCUT2D eigenvalue weighted by molar-refractivity contribution is 0.521. The zero-order chi connectivity index (χ0) is 14.3. The van der Waals surface area contributed by atoms with E-state index < -0.39 is 0 Å². The molecule has 4 nitrogen and oxygen atoms in total. The van der Waals surface area contributed by atoms with Crippen molar-refractivity contribution in [3.63, 3.8) is 0 Å². The number of benzene rings is 1. The summed E-state index contributed by atoms with van der Waals surface area (Å²) in [6.45, 7) is 4.92. The third-order valence-corrected chi connectivity index (χ3v) is 4.05. The van der Waals surface area contributed by atoms with Gasteiger partial charge in [-0.05, 0) is 32.0 Å². The number of hydrogen-bond acceptors (Lipinski definition) is 3. The molecule has 0 saturated heterocycles. The van der Waals surface area contributed by atoms with Crippen LogP contribution in [-0.4, -0.2) is 9.78 Å². The Morgan fingerprint density at radius 2 is 2.25 bits per heavy atom. The first-order chi connectivity index (χ1) is 9.60. The summed E-state index contributed by atoms with van der Waals surface area (Å²) in [5, 5.41) is 5.36. The van der Waals surface area contributed by atoms with E-state index in [9.17, 15) is 0 Å². The van der Waals surface area contributed by atoms with Crippen molar-refractivity contribution in [2.45, 2.75) is 26.4 Å². The molecule has 0 aliphatic heterocycles. The van der Waals surface area contributed by atoms with E-state index in [0.717, 1.165) is 38.9 Å². The second kappa shape index (κ2) is 5.07. The van der Waals surface area contributed by atoms with E-state index in [0.29, 0.717) is 0 Å². The summed E-state index contributed by atoms with van der Waals surface area (Å²) in [6, 6.07) is 5.69. The van der Waals surface area contributed by atoms with Gasteiger partial charge < -0.3 is 10.2 Å². The highest BCUT2D eigenvalue weighted by Crippen LogP contribution is 2.32. The average molecular weight is 334 g/mol. The van der Waals surface area contributed by atoms with E-state index in [4.69, 9.17) is 10.2 Å². The molecule has 1 atom stereocenters. The van der Waals surface area contributed by atoms with Crippen LogP contribution < -0.4 is 5.73 Å². The molecule has 1 unspecified atom stereocenters. The second-order valence-corrected chi connectivity index (χ2v) is 5.75. The van der Waals surface area contributed by atoms with E-state index in [1.165, 1.54) is 0 Å². The van der Waals surface area contributed by atoms with Crippen LogP contribution in [0.3, 0.4) is 0 Å². The highest BCUT2D eigenvalue weighted by molar-refractivity contribution is 9.10. The average Bonchev–Trinajstić information content (AvgIpc) is 3.04. The predicted octanol–water partition coefficient (Wildman–Crippen LogP) is 3.77. The van der Waals surface area contributed by atoms with Crippen molar-refractivity contribution < 1.29 is 4.42 Å². The minimum atomic E-state index is -0.290. The maximum Gasteiger partial charge on any atom is 0.134 e. The molecular formula is C15H16BrN3O. The summed E-state index contributed by atoms with van der Waals surface area (Å²) < 4.78 is 8.83. The molecule has 0 amide bonds. The van der Waals surface area contributed by atoms with Gasteiger partial charge in [0.15, 0.2) is 0 Å². The van der Waals surface area contributed by atoms with Gasteiger partial charge in [0.05, 0.1) is 12.2 Å². The van der Waals surface area contributed by atoms with Gasteiger partial charge in [0.1, 0.15) is 11.3 Å². The number of halogens is 1. The van der Waals surface area contributed by atoms with E-state index in [-0.39, 0.29) is 6.04 Å². The van der Waals surface area contributed by atoms with Gasteiger partial charge in [-0.3, -0.25) is 4.68 Å². The summed E-state index contributed by atoms with van der Waals surface area (Å²) in [5.41, 5.74) is 9.24. The first-order valence-electron chi connectivity index (χ1n) is 6.56. The second-order valence-electron chi connectivity index (χ2n) is 4.84. The highest BCUT2D eigenvalue weighted by atomic mass is 79.9. The quantitative estimate of drug-likeness (QED) is 0.793. The SMILES string of the molecule is CCn1cc(C(N)c2oc3ccc(Br)cc3c2C)cn1. The number of furan rings is 1. The molecule has 0 bridgehead atoms. The van der Waals surface area contributed by atoms with Crippen LogP contribution >= 0.6 is 15.9 Å². The Balaban J connectivity index is 2.07. The van der Waals surface area contributed by atoms with Crippen LogP contribution in [0.5, 0.6) is 0 Å². The Kier molecular flexibility index (Phi) is 3.40. The molecule has 0 aliphatic rings. The van der Waals surface area contributed by atoms with Gasteiger partial charge in [-0.1, -0.05) is 15.9 Å². The van der Waals surface area contributed by atoms with Gasteiger partial charge in [-0.2, -0.15) is 5.10 Å². The first kappa shape index (κ1) is 13.4. The third-order valence-electron chi connectivity index (χ3n) is 3.55. The summed E-state index contributed by atoms with van der Waals surface area (Å²) in [5.74, 6) is 0.800. The lowest BCUT2D eigenvalue weighted by atomic mass is 10.0. The Labute approximate surface area is 125 Å². The fourth-order valence-corrected chi connectivity index (χ4v) is 2.73. The number of fused-ring (bicyclic) bond motifs is 1. The van der Waals surface area contributed by atoms with Crippen molar-refractivity contribution in [1.82, 2.24) is 9.78 Å². The van der Waals surface area contributed by atoms with Crippen molar-refractivity contribution in [3.8, 4) is 0 Å². The zero-order valence-corrected chi connectivity index (χ0v) is 13.0. The Bertz CT molecular complexity index is 760. The zero-order valence-electron chi connectivity index (χ0n) is 11.4. The minimum Gasteiger partial charge on any atom is -0.459 e. The van der Waals surface area contributed by atoms with Crippen molar-refractivity contribution >= 4 is 26.9 Å². The van der Waals surface area contributed by atoms with Gasteiger partial charge in [-0.25, -0.2) is 0 Å². The number of aryl methyl sites for hydroxylation is 2. The van der Waals surface area contributed by atoms with Crippen LogP contribution in [0.1, 0.15) is 29.9 Å². The predicted molar refractivity (Wildman–Crippen MR) is 82.6 cm³/mol. The van der Waals surface area contributed by atoms with Gasteiger partial charge in [0.25, 0.3) is 0 Å². The summed E-state index contributed by atoms with van der Waals surface area (Å²) in [4.78, 5) is 0. The molecule has 3 rings (SSSR count). The van der Waals surface area contributed by atoms with E-state index >= 15 is 0 Å². The molecule has 2 N–H and O–H groups in total. The lowest BCUT2D eigenvalue weighted by Gasteiger charge is -2.07. The summed E-state index contributed by atoms with van der Waals surface area (Å²) in [7, 11) is 0. The van der Waals surface area contributed by atoms with E-state index in [1.54, 1.807) is 6.20 Å². The van der Waals surface area contributed by atoms with Crippen LogP contribution in [0.2, 0.25) is 0 Å². The number of nitrogens with zero attached hydrogens (tertiary/aromatic N) is 2. The number of hydrogen-bond donors (Lipinski definition) is 1.